The summed E-state index contributed by atoms with van der Waals surface area (Å²) in [5.74, 6) is 0.949. The summed E-state index contributed by atoms with van der Waals surface area (Å²) in [6.07, 6.45) is 1.49. The van der Waals surface area contributed by atoms with Crippen LogP contribution in [0.3, 0.4) is 0 Å². The number of nitrogens with zero attached hydrogens (tertiary/aromatic N) is 6. The van der Waals surface area contributed by atoms with Crippen molar-refractivity contribution in [2.75, 3.05) is 5.43 Å². The highest BCUT2D eigenvalue weighted by Gasteiger charge is 2.09. The summed E-state index contributed by atoms with van der Waals surface area (Å²) in [4.78, 5) is 19.2. The van der Waals surface area contributed by atoms with Gasteiger partial charge in [-0.05, 0) is 26.8 Å². The molecule has 3 aromatic rings. The van der Waals surface area contributed by atoms with Gasteiger partial charge in [0, 0.05) is 35.2 Å². The van der Waals surface area contributed by atoms with E-state index in [2.05, 4.69) is 25.6 Å². The monoisotopic (exact) mass is 351 g/mol. The number of anilines is 1. The van der Waals surface area contributed by atoms with Gasteiger partial charge in [0.2, 0.25) is 0 Å². The first-order chi connectivity index (χ1) is 12.4. The third kappa shape index (κ3) is 3.89. The summed E-state index contributed by atoms with van der Waals surface area (Å²) in [6, 6.07) is 9.90. The third-order valence-electron chi connectivity index (χ3n) is 3.52. The van der Waals surface area contributed by atoms with Crippen molar-refractivity contribution in [3.63, 3.8) is 0 Å². The van der Waals surface area contributed by atoms with Crippen molar-refractivity contribution in [3.05, 3.63) is 69.2 Å². The number of aryl methyl sites for hydroxylation is 3. The van der Waals surface area contributed by atoms with E-state index in [9.17, 15) is 10.1 Å². The second kappa shape index (κ2) is 7.09. The van der Waals surface area contributed by atoms with Gasteiger partial charge < -0.3 is 0 Å². The number of hydrogen-bond donors (Lipinski definition) is 1. The Morgan fingerprint density at radius 1 is 1.15 bits per heavy atom. The van der Waals surface area contributed by atoms with Gasteiger partial charge in [-0.25, -0.2) is 9.67 Å². The molecule has 3 rings (SSSR count). The van der Waals surface area contributed by atoms with Crippen LogP contribution < -0.4 is 5.43 Å². The zero-order chi connectivity index (χ0) is 18.7. The summed E-state index contributed by atoms with van der Waals surface area (Å²) in [7, 11) is 0. The number of nitro benzene ring substituents is 1. The van der Waals surface area contributed by atoms with Crippen LogP contribution in [0.4, 0.5) is 11.5 Å². The summed E-state index contributed by atoms with van der Waals surface area (Å²) >= 11 is 0. The molecule has 0 saturated heterocycles. The molecule has 2 heterocycles. The van der Waals surface area contributed by atoms with Crippen LogP contribution in [-0.4, -0.2) is 30.9 Å². The van der Waals surface area contributed by atoms with Crippen LogP contribution in [0.25, 0.3) is 5.95 Å². The Morgan fingerprint density at radius 3 is 2.65 bits per heavy atom. The molecule has 2 aromatic heterocycles. The minimum absolute atomic E-state index is 0.0126. The maximum absolute atomic E-state index is 10.8. The van der Waals surface area contributed by atoms with Gasteiger partial charge in [0.25, 0.3) is 11.6 Å². The SMILES string of the molecule is Cc1cc(NN=Cc2cccc([N+](=O)[O-])c2)nc(-n2nc(C)cc2C)n1. The van der Waals surface area contributed by atoms with E-state index in [1.807, 2.05) is 26.8 Å². The Hall–Kier alpha value is -3.62. The number of hydrogen-bond acceptors (Lipinski definition) is 7. The van der Waals surface area contributed by atoms with Gasteiger partial charge in [0.05, 0.1) is 16.8 Å². The number of benzene rings is 1. The predicted octanol–water partition coefficient (Wildman–Crippen LogP) is 2.94. The van der Waals surface area contributed by atoms with E-state index >= 15 is 0 Å². The molecule has 9 nitrogen and oxygen atoms in total. The molecule has 0 saturated carbocycles. The molecule has 9 heteroatoms. The normalized spacial score (nSPS) is 11.0. The molecule has 0 aliphatic rings. The summed E-state index contributed by atoms with van der Waals surface area (Å²) in [5.41, 5.74) is 6.02. The molecule has 0 bridgehead atoms. The van der Waals surface area contributed by atoms with Gasteiger partial charge in [0.15, 0.2) is 5.82 Å². The highest BCUT2D eigenvalue weighted by Crippen LogP contribution is 2.13. The standard InChI is InChI=1S/C17H17N7O2/c1-11-8-16(20-17(19-11)23-13(3)7-12(2)22-23)21-18-10-14-5-4-6-15(9-14)24(25)26/h4-10H,1-3H3,(H,19,20,21). The van der Waals surface area contributed by atoms with E-state index in [1.54, 1.807) is 22.9 Å². The van der Waals surface area contributed by atoms with Crippen molar-refractivity contribution in [1.29, 1.82) is 0 Å². The topological polar surface area (TPSA) is 111 Å². The number of hydrazone groups is 1. The van der Waals surface area contributed by atoms with Crippen LogP contribution in [-0.2, 0) is 0 Å². The van der Waals surface area contributed by atoms with Gasteiger partial charge in [0.1, 0.15) is 0 Å². The first-order valence-electron chi connectivity index (χ1n) is 7.85. The molecule has 0 amide bonds. The lowest BCUT2D eigenvalue weighted by atomic mass is 10.2. The molecule has 0 atom stereocenters. The Bertz CT molecular complexity index is 995. The average molecular weight is 351 g/mol. The van der Waals surface area contributed by atoms with Crippen molar-refractivity contribution in [3.8, 4) is 5.95 Å². The van der Waals surface area contributed by atoms with Gasteiger partial charge in [-0.15, -0.1) is 0 Å². The number of aromatic nitrogens is 4. The molecule has 1 N–H and O–H groups in total. The van der Waals surface area contributed by atoms with Crippen LogP contribution in [0.5, 0.6) is 0 Å². The van der Waals surface area contributed by atoms with E-state index in [-0.39, 0.29) is 5.69 Å². The molecule has 26 heavy (non-hydrogen) atoms. The van der Waals surface area contributed by atoms with Crippen LogP contribution in [0, 0.1) is 30.9 Å². The van der Waals surface area contributed by atoms with Crippen LogP contribution in [0.15, 0.2) is 41.5 Å². The smallest absolute Gasteiger partial charge is 0.261 e. The largest absolute Gasteiger partial charge is 0.270 e. The van der Waals surface area contributed by atoms with E-state index in [0.717, 1.165) is 17.1 Å². The Labute approximate surface area is 149 Å². The third-order valence-corrected chi connectivity index (χ3v) is 3.52. The van der Waals surface area contributed by atoms with Gasteiger partial charge >= 0.3 is 0 Å². The maximum Gasteiger partial charge on any atom is 0.270 e. The molecular weight excluding hydrogens is 334 g/mol. The minimum atomic E-state index is -0.445. The lowest BCUT2D eigenvalue weighted by Gasteiger charge is -2.06. The number of rotatable bonds is 5. The molecule has 0 spiro atoms. The zero-order valence-electron chi connectivity index (χ0n) is 14.5. The first kappa shape index (κ1) is 17.2. The fraction of sp³-hybridized carbons (Fsp3) is 0.176. The molecule has 0 radical (unpaired) electrons. The van der Waals surface area contributed by atoms with Crippen LogP contribution >= 0.6 is 0 Å². The highest BCUT2D eigenvalue weighted by molar-refractivity contribution is 5.81. The lowest BCUT2D eigenvalue weighted by Crippen LogP contribution is -2.08. The second-order valence-electron chi connectivity index (χ2n) is 5.76. The summed E-state index contributed by atoms with van der Waals surface area (Å²) < 4.78 is 1.66. The number of non-ortho nitro benzene ring substituents is 1. The molecule has 132 valence electrons. The molecule has 0 unspecified atom stereocenters. The van der Waals surface area contributed by atoms with E-state index < -0.39 is 4.92 Å². The van der Waals surface area contributed by atoms with Crippen molar-refractivity contribution in [2.45, 2.75) is 20.8 Å². The van der Waals surface area contributed by atoms with Crippen LogP contribution in [0.2, 0.25) is 0 Å². The Morgan fingerprint density at radius 2 is 1.96 bits per heavy atom. The van der Waals surface area contributed by atoms with Crippen molar-refractivity contribution in [1.82, 2.24) is 19.7 Å². The van der Waals surface area contributed by atoms with E-state index in [0.29, 0.717) is 17.3 Å². The first-order valence-corrected chi connectivity index (χ1v) is 7.85. The van der Waals surface area contributed by atoms with Crippen molar-refractivity contribution in [2.24, 2.45) is 5.10 Å². The summed E-state index contributed by atoms with van der Waals surface area (Å²) in [6.45, 7) is 5.69. The maximum atomic E-state index is 10.8. The highest BCUT2D eigenvalue weighted by atomic mass is 16.6. The Kier molecular flexibility index (Phi) is 4.70. The molecule has 0 aliphatic heterocycles. The second-order valence-corrected chi connectivity index (χ2v) is 5.76. The minimum Gasteiger partial charge on any atom is -0.261 e. The van der Waals surface area contributed by atoms with Crippen LogP contribution in [0.1, 0.15) is 22.6 Å². The van der Waals surface area contributed by atoms with E-state index in [1.165, 1.54) is 18.3 Å². The van der Waals surface area contributed by atoms with Gasteiger partial charge in [-0.2, -0.15) is 15.2 Å². The zero-order valence-corrected chi connectivity index (χ0v) is 14.5. The number of nitrogens with one attached hydrogen (secondary N) is 1. The van der Waals surface area contributed by atoms with Crippen molar-refractivity contribution >= 4 is 17.7 Å². The molecular formula is C17H17N7O2. The fourth-order valence-corrected chi connectivity index (χ4v) is 2.43. The quantitative estimate of drug-likeness (QED) is 0.430. The van der Waals surface area contributed by atoms with Gasteiger partial charge in [-0.3, -0.25) is 15.5 Å². The molecule has 0 aliphatic carbocycles. The van der Waals surface area contributed by atoms with E-state index in [4.69, 9.17) is 0 Å². The lowest BCUT2D eigenvalue weighted by molar-refractivity contribution is -0.384. The molecule has 1 aromatic carbocycles. The van der Waals surface area contributed by atoms with Gasteiger partial charge in [-0.1, -0.05) is 12.1 Å². The molecule has 0 fully saturated rings. The summed E-state index contributed by atoms with van der Waals surface area (Å²) in [5, 5.41) is 19.3. The van der Waals surface area contributed by atoms with Crippen molar-refractivity contribution < 1.29 is 4.92 Å². The fourth-order valence-electron chi connectivity index (χ4n) is 2.43. The average Bonchev–Trinajstić information content (AvgIpc) is 2.93. The number of nitro groups is 1. The predicted molar refractivity (Wildman–Crippen MR) is 97.7 cm³/mol. The Balaban J connectivity index is 1.81.